The molecule has 3 rings (SSSR count). The van der Waals surface area contributed by atoms with Crippen molar-refractivity contribution < 1.29 is 4.79 Å². The van der Waals surface area contributed by atoms with Crippen molar-refractivity contribution in [2.75, 3.05) is 32.5 Å². The minimum atomic E-state index is -0.265. The predicted octanol–water partition coefficient (Wildman–Crippen LogP) is 4.39. The van der Waals surface area contributed by atoms with Gasteiger partial charge < -0.3 is 20.1 Å². The number of halogens is 1. The molecule has 0 bridgehead atoms. The number of aromatic amines is 1. The molecule has 0 radical (unpaired) electrons. The maximum atomic E-state index is 12.9. The van der Waals surface area contributed by atoms with Crippen molar-refractivity contribution >= 4 is 34.2 Å². The number of hydrogen-bond donors (Lipinski definition) is 2. The number of anilines is 1. The van der Waals surface area contributed by atoms with E-state index in [1.54, 1.807) is 29.2 Å². The molecule has 1 aromatic heterocycles. The summed E-state index contributed by atoms with van der Waals surface area (Å²) in [6, 6.07) is 12.6. The van der Waals surface area contributed by atoms with Gasteiger partial charge in [-0.25, -0.2) is 4.79 Å². The number of likely N-dealkylation sites (N-methyl/N-ethyl adjacent to an activating group) is 1. The summed E-state index contributed by atoms with van der Waals surface area (Å²) in [5.74, 6) is 0. The van der Waals surface area contributed by atoms with Crippen LogP contribution < -0.4 is 10.9 Å². The largest absolute Gasteiger partial charge is 0.322 e. The Kier molecular flexibility index (Phi) is 6.80. The predicted molar refractivity (Wildman–Crippen MR) is 123 cm³/mol. The topological polar surface area (TPSA) is 68.4 Å². The quantitative estimate of drug-likeness (QED) is 0.614. The summed E-state index contributed by atoms with van der Waals surface area (Å²) in [6.07, 6.45) is 0. The van der Waals surface area contributed by atoms with Crippen molar-refractivity contribution in [1.29, 1.82) is 0 Å². The average molecular weight is 427 g/mol. The van der Waals surface area contributed by atoms with Gasteiger partial charge in [0.05, 0.1) is 12.1 Å². The van der Waals surface area contributed by atoms with E-state index in [1.807, 2.05) is 51.0 Å². The van der Waals surface area contributed by atoms with Gasteiger partial charge in [0.15, 0.2) is 0 Å². The minimum Gasteiger partial charge on any atom is -0.321 e. The van der Waals surface area contributed by atoms with Crippen LogP contribution in [0.5, 0.6) is 0 Å². The Labute approximate surface area is 181 Å². The summed E-state index contributed by atoms with van der Waals surface area (Å²) in [7, 11) is 3.90. The van der Waals surface area contributed by atoms with Crippen molar-refractivity contribution in [1.82, 2.24) is 14.8 Å². The van der Waals surface area contributed by atoms with Gasteiger partial charge in [0.2, 0.25) is 0 Å². The molecule has 0 spiro atoms. The highest BCUT2D eigenvalue weighted by Gasteiger charge is 2.17. The summed E-state index contributed by atoms with van der Waals surface area (Å²) in [5.41, 5.74) is 4.05. The molecule has 2 amide bonds. The fraction of sp³-hybridized carbons (Fsp3) is 0.304. The van der Waals surface area contributed by atoms with Crippen LogP contribution in [0.25, 0.3) is 10.9 Å². The highest BCUT2D eigenvalue weighted by Crippen LogP contribution is 2.20. The summed E-state index contributed by atoms with van der Waals surface area (Å²) in [4.78, 5) is 32.3. The van der Waals surface area contributed by atoms with Gasteiger partial charge in [0.25, 0.3) is 5.56 Å². The Balaban J connectivity index is 1.87. The number of urea groups is 1. The SMILES string of the molecule is Cc1ccc2cc(CN(CCN(C)C)C(=O)Nc3ccc(Cl)cc3)c(=O)[nH]c2c1C. The van der Waals surface area contributed by atoms with Crippen LogP contribution in [0.4, 0.5) is 10.5 Å². The molecule has 0 fully saturated rings. The third kappa shape index (κ3) is 5.20. The first-order chi connectivity index (χ1) is 14.2. The number of pyridine rings is 1. The number of aromatic nitrogens is 1. The molecular weight excluding hydrogens is 400 g/mol. The molecule has 0 saturated carbocycles. The second-order valence-electron chi connectivity index (χ2n) is 7.76. The minimum absolute atomic E-state index is 0.176. The normalized spacial score (nSPS) is 11.1. The van der Waals surface area contributed by atoms with E-state index in [0.717, 1.165) is 22.0 Å². The summed E-state index contributed by atoms with van der Waals surface area (Å²) < 4.78 is 0. The first-order valence-electron chi connectivity index (χ1n) is 9.83. The highest BCUT2D eigenvalue weighted by molar-refractivity contribution is 6.30. The van der Waals surface area contributed by atoms with Crippen LogP contribution in [0.1, 0.15) is 16.7 Å². The molecule has 0 aliphatic rings. The van der Waals surface area contributed by atoms with Gasteiger partial charge in [-0.1, -0.05) is 23.7 Å². The van der Waals surface area contributed by atoms with Gasteiger partial charge in [-0.15, -0.1) is 0 Å². The number of carbonyl (C=O) groups excluding carboxylic acids is 1. The van der Waals surface area contributed by atoms with E-state index in [4.69, 9.17) is 11.6 Å². The molecule has 0 saturated heterocycles. The maximum Gasteiger partial charge on any atom is 0.322 e. The molecule has 2 N–H and O–H groups in total. The summed E-state index contributed by atoms with van der Waals surface area (Å²) in [6.45, 7) is 5.39. The Morgan fingerprint density at radius 2 is 1.77 bits per heavy atom. The molecular formula is C23H27ClN4O2. The van der Waals surface area contributed by atoms with Crippen LogP contribution in [-0.2, 0) is 6.54 Å². The van der Waals surface area contributed by atoms with E-state index < -0.39 is 0 Å². The van der Waals surface area contributed by atoms with Gasteiger partial charge in [-0.2, -0.15) is 0 Å². The average Bonchev–Trinajstić information content (AvgIpc) is 2.70. The third-order valence-electron chi connectivity index (χ3n) is 5.19. The highest BCUT2D eigenvalue weighted by atomic mass is 35.5. The van der Waals surface area contributed by atoms with Gasteiger partial charge >= 0.3 is 6.03 Å². The van der Waals surface area contributed by atoms with Gasteiger partial charge in [-0.3, -0.25) is 4.79 Å². The molecule has 0 aliphatic heterocycles. The number of fused-ring (bicyclic) bond motifs is 1. The molecule has 158 valence electrons. The Hall–Kier alpha value is -2.83. The van der Waals surface area contributed by atoms with Crippen molar-refractivity contribution in [3.63, 3.8) is 0 Å². The number of hydrogen-bond acceptors (Lipinski definition) is 3. The zero-order chi connectivity index (χ0) is 21.8. The van der Waals surface area contributed by atoms with Gasteiger partial charge in [0, 0.05) is 29.4 Å². The molecule has 7 heteroatoms. The number of nitrogens with one attached hydrogen (secondary N) is 2. The lowest BCUT2D eigenvalue weighted by Gasteiger charge is -2.25. The first kappa shape index (κ1) is 21.9. The Morgan fingerprint density at radius 1 is 1.07 bits per heavy atom. The molecule has 0 aliphatic carbocycles. The lowest BCUT2D eigenvalue weighted by Crippen LogP contribution is -2.40. The monoisotopic (exact) mass is 426 g/mol. The zero-order valence-electron chi connectivity index (χ0n) is 17.8. The fourth-order valence-corrected chi connectivity index (χ4v) is 3.33. The third-order valence-corrected chi connectivity index (χ3v) is 5.44. The lowest BCUT2D eigenvalue weighted by atomic mass is 10.0. The summed E-state index contributed by atoms with van der Waals surface area (Å²) in [5, 5.41) is 4.44. The van der Waals surface area contributed by atoms with E-state index in [-0.39, 0.29) is 18.1 Å². The first-order valence-corrected chi connectivity index (χ1v) is 10.2. The van der Waals surface area contributed by atoms with E-state index in [1.165, 1.54) is 0 Å². The molecule has 0 atom stereocenters. The number of H-pyrrole nitrogens is 1. The van der Waals surface area contributed by atoms with Gasteiger partial charge in [0.1, 0.15) is 0 Å². The van der Waals surface area contributed by atoms with Crippen molar-refractivity contribution in [2.45, 2.75) is 20.4 Å². The van der Waals surface area contributed by atoms with Crippen LogP contribution in [0, 0.1) is 13.8 Å². The van der Waals surface area contributed by atoms with Crippen LogP contribution in [0.3, 0.4) is 0 Å². The number of benzene rings is 2. The van der Waals surface area contributed by atoms with E-state index >= 15 is 0 Å². The molecule has 0 unspecified atom stereocenters. The smallest absolute Gasteiger partial charge is 0.321 e. The van der Waals surface area contributed by atoms with E-state index in [0.29, 0.717) is 29.4 Å². The van der Waals surface area contributed by atoms with Crippen molar-refractivity contribution in [2.24, 2.45) is 0 Å². The van der Waals surface area contributed by atoms with E-state index in [2.05, 4.69) is 10.3 Å². The molecule has 6 nitrogen and oxygen atoms in total. The number of nitrogens with zero attached hydrogens (tertiary/aromatic N) is 2. The van der Waals surface area contributed by atoms with Crippen LogP contribution >= 0.6 is 11.6 Å². The number of aryl methyl sites for hydroxylation is 2. The second kappa shape index (κ2) is 9.32. The molecule has 3 aromatic rings. The lowest BCUT2D eigenvalue weighted by molar-refractivity contribution is 0.202. The Bertz CT molecular complexity index is 1110. The molecule has 30 heavy (non-hydrogen) atoms. The molecule has 2 aromatic carbocycles. The molecule has 1 heterocycles. The van der Waals surface area contributed by atoms with Crippen molar-refractivity contribution in [3.8, 4) is 0 Å². The second-order valence-corrected chi connectivity index (χ2v) is 8.19. The number of carbonyl (C=O) groups is 1. The van der Waals surface area contributed by atoms with Gasteiger partial charge in [-0.05, 0) is 74.8 Å². The zero-order valence-corrected chi connectivity index (χ0v) is 18.5. The standard InChI is InChI=1S/C23H27ClN4O2/c1-15-5-6-17-13-18(22(29)26-21(17)16(15)2)14-28(12-11-27(3)4)23(30)25-20-9-7-19(24)8-10-20/h5-10,13H,11-12,14H2,1-4H3,(H,25,30)(H,26,29). The van der Waals surface area contributed by atoms with Crippen molar-refractivity contribution in [3.05, 3.63) is 74.5 Å². The maximum absolute atomic E-state index is 12.9. The Morgan fingerprint density at radius 3 is 2.43 bits per heavy atom. The van der Waals surface area contributed by atoms with Crippen LogP contribution in [-0.4, -0.2) is 48.0 Å². The summed E-state index contributed by atoms with van der Waals surface area (Å²) >= 11 is 5.92. The van der Waals surface area contributed by atoms with Crippen LogP contribution in [0.2, 0.25) is 5.02 Å². The van der Waals surface area contributed by atoms with Crippen LogP contribution in [0.15, 0.2) is 47.3 Å². The fourth-order valence-electron chi connectivity index (χ4n) is 3.20. The van der Waals surface area contributed by atoms with E-state index in [9.17, 15) is 9.59 Å². The number of rotatable bonds is 6. The number of amides is 2.